The van der Waals surface area contributed by atoms with E-state index in [-0.39, 0.29) is 46.9 Å². The largest absolute Gasteiger partial charge is 0.323 e. The first-order chi connectivity index (χ1) is 16.0. The summed E-state index contributed by atoms with van der Waals surface area (Å²) in [6.07, 6.45) is 5.59. The summed E-state index contributed by atoms with van der Waals surface area (Å²) in [4.78, 5) is 42.1. The van der Waals surface area contributed by atoms with Gasteiger partial charge in [0.05, 0.1) is 27.6 Å². The van der Waals surface area contributed by atoms with Gasteiger partial charge in [0.15, 0.2) is 0 Å². The van der Waals surface area contributed by atoms with Gasteiger partial charge in [0, 0.05) is 6.42 Å². The highest BCUT2D eigenvalue weighted by atomic mass is 35.5. The predicted octanol–water partition coefficient (Wildman–Crippen LogP) is 4.60. The lowest BCUT2D eigenvalue weighted by molar-refractivity contribution is -0.146. The average molecular weight is 481 g/mol. The van der Waals surface area contributed by atoms with Gasteiger partial charge in [-0.25, -0.2) is 0 Å². The molecule has 5 aliphatic rings. The summed E-state index contributed by atoms with van der Waals surface area (Å²) in [6.45, 7) is 0. The van der Waals surface area contributed by atoms with Gasteiger partial charge in [-0.05, 0) is 47.8 Å². The summed E-state index contributed by atoms with van der Waals surface area (Å²) in [7, 11) is 0. The van der Waals surface area contributed by atoms with Gasteiger partial charge in [-0.2, -0.15) is 0 Å². The average Bonchev–Trinajstić information content (AvgIpc) is 3.60. The van der Waals surface area contributed by atoms with Crippen molar-refractivity contribution in [2.45, 2.75) is 18.9 Å². The number of likely N-dealkylation sites (tertiary alicyclic amines) is 1. The second kappa shape index (κ2) is 7.71. The molecule has 0 spiro atoms. The molecular formula is C26H22Cl2N2O3. The lowest BCUT2D eigenvalue weighted by atomic mass is 9.63. The molecule has 3 amide bonds. The molecule has 7 rings (SSSR count). The van der Waals surface area contributed by atoms with Crippen LogP contribution in [-0.2, 0) is 20.8 Å². The van der Waals surface area contributed by atoms with E-state index in [0.717, 1.165) is 12.0 Å². The van der Waals surface area contributed by atoms with Crippen LogP contribution in [0.4, 0.5) is 5.69 Å². The molecule has 1 N–H and O–H groups in total. The maximum absolute atomic E-state index is 13.7. The first kappa shape index (κ1) is 20.9. The minimum Gasteiger partial charge on any atom is -0.323 e. The number of hydrogen-bond donors (Lipinski definition) is 1. The van der Waals surface area contributed by atoms with Crippen LogP contribution in [0.5, 0.6) is 0 Å². The molecule has 0 radical (unpaired) electrons. The van der Waals surface area contributed by atoms with E-state index in [1.54, 1.807) is 18.2 Å². The third kappa shape index (κ3) is 3.24. The quantitative estimate of drug-likeness (QED) is 0.502. The third-order valence-corrected chi connectivity index (χ3v) is 8.61. The number of benzene rings is 2. The van der Waals surface area contributed by atoms with Crippen LogP contribution >= 0.6 is 23.2 Å². The van der Waals surface area contributed by atoms with Gasteiger partial charge in [0.25, 0.3) is 0 Å². The van der Waals surface area contributed by atoms with E-state index in [1.807, 2.05) is 30.3 Å². The molecule has 4 aliphatic carbocycles. The number of nitrogens with zero attached hydrogens (tertiary/aromatic N) is 1. The van der Waals surface area contributed by atoms with E-state index in [9.17, 15) is 14.4 Å². The molecule has 7 atom stereocenters. The highest BCUT2D eigenvalue weighted by molar-refractivity contribution is 6.44. The van der Waals surface area contributed by atoms with E-state index < -0.39 is 11.9 Å². The van der Waals surface area contributed by atoms with Gasteiger partial charge < -0.3 is 5.32 Å². The van der Waals surface area contributed by atoms with E-state index in [2.05, 4.69) is 17.5 Å². The fourth-order valence-corrected chi connectivity index (χ4v) is 6.59. The molecule has 2 aromatic rings. The van der Waals surface area contributed by atoms with Crippen LogP contribution in [0.1, 0.15) is 12.0 Å². The van der Waals surface area contributed by atoms with Crippen LogP contribution in [0.25, 0.3) is 0 Å². The number of carbonyl (C=O) groups excluding carboxylic acids is 3. The number of halogens is 2. The Kier molecular flexibility index (Phi) is 4.89. The second-order valence-electron chi connectivity index (χ2n) is 9.50. The van der Waals surface area contributed by atoms with Gasteiger partial charge in [-0.15, -0.1) is 0 Å². The lowest BCUT2D eigenvalue weighted by Gasteiger charge is -2.37. The maximum atomic E-state index is 13.7. The molecule has 33 heavy (non-hydrogen) atoms. The number of allylic oxidation sites excluding steroid dienone is 2. The molecular weight excluding hydrogens is 459 g/mol. The number of anilines is 1. The normalized spacial score (nSPS) is 31.9. The molecule has 1 heterocycles. The molecule has 0 unspecified atom stereocenters. The SMILES string of the molecule is O=C(Nc1cccc(Cl)c1Cl)[C@@H](Cc1ccccc1)N1C(=O)[C@@H]2[C@@H]3C=C[C@H]([C@H]4C[C@H]34)[C@@H]2C1=O. The first-order valence-electron chi connectivity index (χ1n) is 11.3. The summed E-state index contributed by atoms with van der Waals surface area (Å²) >= 11 is 12.4. The van der Waals surface area contributed by atoms with Gasteiger partial charge in [0.2, 0.25) is 17.7 Å². The monoisotopic (exact) mass is 480 g/mol. The van der Waals surface area contributed by atoms with E-state index in [0.29, 0.717) is 22.5 Å². The van der Waals surface area contributed by atoms with Crippen molar-refractivity contribution in [2.75, 3.05) is 5.32 Å². The second-order valence-corrected chi connectivity index (χ2v) is 10.3. The Labute approximate surface area is 201 Å². The van der Waals surface area contributed by atoms with Crippen LogP contribution in [0.15, 0.2) is 60.7 Å². The van der Waals surface area contributed by atoms with Crippen LogP contribution in [0, 0.1) is 35.5 Å². The molecule has 0 aromatic heterocycles. The molecule has 2 saturated carbocycles. The zero-order chi connectivity index (χ0) is 22.9. The van der Waals surface area contributed by atoms with Gasteiger partial charge in [-0.1, -0.05) is 71.8 Å². The van der Waals surface area contributed by atoms with Crippen molar-refractivity contribution < 1.29 is 14.4 Å². The van der Waals surface area contributed by atoms with E-state index >= 15 is 0 Å². The number of amides is 3. The van der Waals surface area contributed by atoms with Crippen LogP contribution in [0.3, 0.4) is 0 Å². The highest BCUT2D eigenvalue weighted by Gasteiger charge is 2.67. The Hall–Kier alpha value is -2.63. The van der Waals surface area contributed by atoms with Crippen molar-refractivity contribution in [3.05, 3.63) is 76.3 Å². The minimum absolute atomic E-state index is 0.106. The Bertz CT molecular complexity index is 1160. The number of carbonyl (C=O) groups is 3. The van der Waals surface area contributed by atoms with Crippen molar-refractivity contribution in [1.29, 1.82) is 0 Å². The molecule has 3 fully saturated rings. The molecule has 1 saturated heterocycles. The summed E-state index contributed by atoms with van der Waals surface area (Å²) in [5, 5.41) is 3.35. The molecule has 2 bridgehead atoms. The molecule has 7 heteroatoms. The Morgan fingerprint density at radius 1 is 0.939 bits per heavy atom. The molecule has 5 nitrogen and oxygen atoms in total. The fraction of sp³-hybridized carbons (Fsp3) is 0.346. The summed E-state index contributed by atoms with van der Waals surface area (Å²) in [5.41, 5.74) is 1.22. The standard InChI is InChI=1S/C26H22Cl2N2O3/c27-18-7-4-8-19(23(18)28)29-24(31)20(11-13-5-2-1-3-6-13)30-25(32)21-14-9-10-15(17-12-16(14)17)22(21)26(30)33/h1-10,14-17,20-22H,11-12H2,(H,29,31)/t14-,15-,16-,17-,20-,21-,22+/m1/s1. The molecule has 168 valence electrons. The van der Waals surface area contributed by atoms with Gasteiger partial charge in [-0.3, -0.25) is 19.3 Å². The van der Waals surface area contributed by atoms with Crippen molar-refractivity contribution >= 4 is 46.6 Å². The number of rotatable bonds is 5. The van der Waals surface area contributed by atoms with Crippen LogP contribution in [-0.4, -0.2) is 28.7 Å². The number of nitrogens with one attached hydrogen (secondary N) is 1. The zero-order valence-corrected chi connectivity index (χ0v) is 19.2. The summed E-state index contributed by atoms with van der Waals surface area (Å²) in [6, 6.07) is 13.4. The molecule has 2 aromatic carbocycles. The van der Waals surface area contributed by atoms with Crippen molar-refractivity contribution in [2.24, 2.45) is 35.5 Å². The minimum atomic E-state index is -0.969. The third-order valence-electron chi connectivity index (χ3n) is 7.79. The first-order valence-corrected chi connectivity index (χ1v) is 12.1. The van der Waals surface area contributed by atoms with Crippen LogP contribution in [0.2, 0.25) is 10.0 Å². The fourth-order valence-electron chi connectivity index (χ4n) is 6.24. The highest BCUT2D eigenvalue weighted by Crippen LogP contribution is 2.65. The van der Waals surface area contributed by atoms with E-state index in [1.165, 1.54) is 4.90 Å². The smallest absolute Gasteiger partial charge is 0.248 e. The van der Waals surface area contributed by atoms with Gasteiger partial charge in [0.1, 0.15) is 6.04 Å². The topological polar surface area (TPSA) is 66.5 Å². The predicted molar refractivity (Wildman–Crippen MR) is 126 cm³/mol. The summed E-state index contributed by atoms with van der Waals surface area (Å²) in [5.74, 6) is -0.369. The number of imide groups is 1. The van der Waals surface area contributed by atoms with Crippen molar-refractivity contribution in [3.8, 4) is 0 Å². The van der Waals surface area contributed by atoms with Crippen molar-refractivity contribution in [3.63, 3.8) is 0 Å². The van der Waals surface area contributed by atoms with Gasteiger partial charge >= 0.3 is 0 Å². The Morgan fingerprint density at radius 3 is 2.21 bits per heavy atom. The summed E-state index contributed by atoms with van der Waals surface area (Å²) < 4.78 is 0. The van der Waals surface area contributed by atoms with Crippen LogP contribution < -0.4 is 5.32 Å². The Morgan fingerprint density at radius 2 is 1.58 bits per heavy atom. The van der Waals surface area contributed by atoms with E-state index in [4.69, 9.17) is 23.2 Å². The Balaban J connectivity index is 1.34. The maximum Gasteiger partial charge on any atom is 0.248 e. The zero-order valence-electron chi connectivity index (χ0n) is 17.7. The molecule has 1 aliphatic heterocycles. The van der Waals surface area contributed by atoms with Crippen molar-refractivity contribution in [1.82, 2.24) is 4.90 Å². The lowest BCUT2D eigenvalue weighted by Crippen LogP contribution is -2.49. The number of hydrogen-bond acceptors (Lipinski definition) is 3.